The summed E-state index contributed by atoms with van der Waals surface area (Å²) in [5.74, 6) is -1.19. The van der Waals surface area contributed by atoms with Crippen LogP contribution in [0.3, 0.4) is 0 Å². The number of hydrogen-bond donors (Lipinski definition) is 1. The van der Waals surface area contributed by atoms with E-state index in [2.05, 4.69) is 15.1 Å². The van der Waals surface area contributed by atoms with Crippen LogP contribution in [0.25, 0.3) is 16.7 Å². The largest absolute Gasteiger partial charge is 0.465 e. The monoisotopic (exact) mass is 346 g/mol. The van der Waals surface area contributed by atoms with E-state index in [4.69, 9.17) is 4.74 Å². The van der Waals surface area contributed by atoms with Crippen LogP contribution < -0.4 is 10.3 Å². The van der Waals surface area contributed by atoms with Crippen molar-refractivity contribution in [3.8, 4) is 11.7 Å². The molecule has 4 rings (SSSR count). The highest BCUT2D eigenvalue weighted by Crippen LogP contribution is 2.41. The molecule has 8 heteroatoms. The topological polar surface area (TPSA) is 72.8 Å². The number of benzene rings is 1. The first kappa shape index (κ1) is 15.7. The Morgan fingerprint density at radius 3 is 2.60 bits per heavy atom. The van der Waals surface area contributed by atoms with Gasteiger partial charge in [-0.15, -0.1) is 5.10 Å². The summed E-state index contributed by atoms with van der Waals surface area (Å²) in [7, 11) is 0. The number of fused-ring (bicyclic) bond motifs is 1. The molecule has 3 aromatic rings. The lowest BCUT2D eigenvalue weighted by atomic mass is 10.1. The molecule has 0 amide bonds. The summed E-state index contributed by atoms with van der Waals surface area (Å²) in [6, 6.07) is 2.70. The molecule has 0 atom stereocenters. The van der Waals surface area contributed by atoms with Crippen LogP contribution in [0.5, 0.6) is 6.01 Å². The van der Waals surface area contributed by atoms with Gasteiger partial charge in [-0.25, -0.2) is 13.5 Å². The third-order valence-electron chi connectivity index (χ3n) is 4.33. The van der Waals surface area contributed by atoms with Crippen LogP contribution >= 0.6 is 0 Å². The van der Waals surface area contributed by atoms with E-state index in [0.717, 1.165) is 17.5 Å². The van der Waals surface area contributed by atoms with E-state index >= 15 is 0 Å². The Labute approximate surface area is 141 Å². The second kappa shape index (κ2) is 5.65. The molecule has 6 nitrogen and oxygen atoms in total. The first-order valence-corrected chi connectivity index (χ1v) is 8.11. The molecule has 1 aliphatic rings. The Kier molecular flexibility index (Phi) is 3.55. The fraction of sp³-hybridized carbons (Fsp3) is 0.353. The van der Waals surface area contributed by atoms with E-state index in [1.165, 1.54) is 12.1 Å². The SMILES string of the molecule is CCOc1nc2nn(-c3c(F)cc(C4CC4)cc3F)c(C)c2c(=O)[nH]1. The number of aromatic nitrogens is 4. The molecule has 1 N–H and O–H groups in total. The Morgan fingerprint density at radius 2 is 2.00 bits per heavy atom. The van der Waals surface area contributed by atoms with E-state index in [9.17, 15) is 13.6 Å². The van der Waals surface area contributed by atoms with Gasteiger partial charge >= 0.3 is 0 Å². The van der Waals surface area contributed by atoms with Crippen molar-refractivity contribution in [3.05, 3.63) is 45.4 Å². The molecule has 0 bridgehead atoms. The molecule has 0 saturated heterocycles. The van der Waals surface area contributed by atoms with Crippen molar-refractivity contribution in [2.45, 2.75) is 32.6 Å². The summed E-state index contributed by atoms with van der Waals surface area (Å²) in [6.07, 6.45) is 1.89. The van der Waals surface area contributed by atoms with Gasteiger partial charge in [0.1, 0.15) is 11.1 Å². The van der Waals surface area contributed by atoms with Crippen molar-refractivity contribution in [2.24, 2.45) is 0 Å². The number of nitrogens with one attached hydrogen (secondary N) is 1. The minimum atomic E-state index is -0.709. The molecular weight excluding hydrogens is 330 g/mol. The maximum Gasteiger partial charge on any atom is 0.298 e. The molecule has 0 spiro atoms. The molecule has 1 fully saturated rings. The van der Waals surface area contributed by atoms with Gasteiger partial charge in [0.05, 0.1) is 12.3 Å². The maximum absolute atomic E-state index is 14.6. The van der Waals surface area contributed by atoms with Crippen molar-refractivity contribution in [2.75, 3.05) is 6.61 Å². The van der Waals surface area contributed by atoms with Crippen molar-refractivity contribution in [1.29, 1.82) is 0 Å². The summed E-state index contributed by atoms with van der Waals surface area (Å²) < 4.78 is 35.4. The number of aromatic amines is 1. The van der Waals surface area contributed by atoms with Crippen LogP contribution in [0, 0.1) is 18.6 Å². The van der Waals surface area contributed by atoms with Crippen molar-refractivity contribution >= 4 is 11.0 Å². The second-order valence-electron chi connectivity index (χ2n) is 6.11. The van der Waals surface area contributed by atoms with Gasteiger partial charge in [0.2, 0.25) is 0 Å². The van der Waals surface area contributed by atoms with Gasteiger partial charge in [-0.3, -0.25) is 9.78 Å². The number of H-pyrrole nitrogens is 1. The fourth-order valence-corrected chi connectivity index (χ4v) is 2.98. The second-order valence-corrected chi connectivity index (χ2v) is 6.11. The van der Waals surface area contributed by atoms with Crippen LogP contribution in [0.4, 0.5) is 8.78 Å². The quantitative estimate of drug-likeness (QED) is 0.788. The third kappa shape index (κ3) is 2.57. The zero-order chi connectivity index (χ0) is 17.7. The molecule has 130 valence electrons. The summed E-state index contributed by atoms with van der Waals surface area (Å²) in [6.45, 7) is 3.64. The van der Waals surface area contributed by atoms with Crippen LogP contribution in [-0.4, -0.2) is 26.4 Å². The van der Waals surface area contributed by atoms with E-state index in [1.54, 1.807) is 13.8 Å². The van der Waals surface area contributed by atoms with Crippen molar-refractivity contribution in [3.63, 3.8) is 0 Å². The van der Waals surface area contributed by atoms with E-state index in [-0.39, 0.29) is 28.6 Å². The fourth-order valence-electron chi connectivity index (χ4n) is 2.98. The van der Waals surface area contributed by atoms with E-state index in [1.807, 2.05) is 0 Å². The molecule has 0 unspecified atom stereocenters. The smallest absolute Gasteiger partial charge is 0.298 e. The van der Waals surface area contributed by atoms with Gasteiger partial charge in [-0.2, -0.15) is 4.98 Å². The molecule has 0 aliphatic heterocycles. The predicted molar refractivity (Wildman–Crippen MR) is 87.3 cm³/mol. The number of nitrogens with zero attached hydrogens (tertiary/aromatic N) is 3. The van der Waals surface area contributed by atoms with E-state index in [0.29, 0.717) is 17.9 Å². The number of aryl methyl sites for hydroxylation is 1. The molecule has 25 heavy (non-hydrogen) atoms. The van der Waals surface area contributed by atoms with Gasteiger partial charge in [0.25, 0.3) is 11.6 Å². The van der Waals surface area contributed by atoms with Crippen LogP contribution in [0.15, 0.2) is 16.9 Å². The first-order chi connectivity index (χ1) is 12.0. The van der Waals surface area contributed by atoms with Crippen LogP contribution in [-0.2, 0) is 0 Å². The standard InChI is InChI=1S/C17H16F2N4O2/c1-3-25-17-20-15-13(16(24)21-17)8(2)23(22-15)14-11(18)6-10(7-12(14)19)9-4-5-9/h6-7,9H,3-5H2,1-2H3,(H,20,21,22,24). The number of hydrogen-bond acceptors (Lipinski definition) is 4. The zero-order valence-electron chi connectivity index (χ0n) is 13.8. The average molecular weight is 346 g/mol. The highest BCUT2D eigenvalue weighted by molar-refractivity contribution is 5.77. The van der Waals surface area contributed by atoms with E-state index < -0.39 is 17.2 Å². The number of halogens is 2. The number of rotatable bonds is 4. The predicted octanol–water partition coefficient (Wildman–Crippen LogP) is 2.97. The molecule has 2 heterocycles. The lowest BCUT2D eigenvalue weighted by molar-refractivity contribution is 0.313. The molecule has 1 aliphatic carbocycles. The van der Waals surface area contributed by atoms with Crippen LogP contribution in [0.1, 0.15) is 36.9 Å². The summed E-state index contributed by atoms with van der Waals surface area (Å²) in [5.41, 5.74) is 0.270. The normalized spacial score (nSPS) is 14.2. The summed E-state index contributed by atoms with van der Waals surface area (Å²) >= 11 is 0. The lowest BCUT2D eigenvalue weighted by Crippen LogP contribution is -2.11. The Morgan fingerprint density at radius 1 is 1.32 bits per heavy atom. The zero-order valence-corrected chi connectivity index (χ0v) is 13.8. The molecular formula is C17H16F2N4O2. The molecule has 2 aromatic heterocycles. The van der Waals surface area contributed by atoms with Crippen molar-refractivity contribution < 1.29 is 13.5 Å². The average Bonchev–Trinajstić information content (AvgIpc) is 3.33. The third-order valence-corrected chi connectivity index (χ3v) is 4.33. The summed E-state index contributed by atoms with van der Waals surface area (Å²) in [5, 5.41) is 4.30. The molecule has 1 saturated carbocycles. The Bertz CT molecular complexity index is 1010. The lowest BCUT2D eigenvalue weighted by Gasteiger charge is -2.09. The number of ether oxygens (including phenoxy) is 1. The van der Waals surface area contributed by atoms with Crippen LogP contribution in [0.2, 0.25) is 0 Å². The maximum atomic E-state index is 14.6. The highest BCUT2D eigenvalue weighted by Gasteiger charge is 2.27. The highest BCUT2D eigenvalue weighted by atomic mass is 19.1. The first-order valence-electron chi connectivity index (χ1n) is 8.11. The minimum absolute atomic E-state index is 0.0228. The van der Waals surface area contributed by atoms with Gasteiger partial charge in [0.15, 0.2) is 17.3 Å². The van der Waals surface area contributed by atoms with Gasteiger partial charge < -0.3 is 4.74 Å². The molecule has 1 aromatic carbocycles. The Balaban J connectivity index is 1.91. The minimum Gasteiger partial charge on any atom is -0.465 e. The van der Waals surface area contributed by atoms with Crippen molar-refractivity contribution in [1.82, 2.24) is 19.7 Å². The Hall–Kier alpha value is -2.77. The van der Waals surface area contributed by atoms with Gasteiger partial charge in [-0.05, 0) is 50.3 Å². The van der Waals surface area contributed by atoms with Gasteiger partial charge in [0, 0.05) is 0 Å². The van der Waals surface area contributed by atoms with Gasteiger partial charge in [-0.1, -0.05) is 0 Å². The molecule has 0 radical (unpaired) electrons. The summed E-state index contributed by atoms with van der Waals surface area (Å²) in [4.78, 5) is 18.8.